The van der Waals surface area contributed by atoms with Crippen LogP contribution in [0.1, 0.15) is 19.4 Å². The van der Waals surface area contributed by atoms with Gasteiger partial charge in [0.15, 0.2) is 0 Å². The molecule has 0 heterocycles. The first-order valence-corrected chi connectivity index (χ1v) is 6.19. The first kappa shape index (κ1) is 15.1. The number of hydrogen-bond donors (Lipinski definition) is 1. The average molecular weight is 266 g/mol. The summed E-state index contributed by atoms with van der Waals surface area (Å²) in [6.45, 7) is 5.05. The maximum absolute atomic E-state index is 11.3. The number of aliphatic carboxylic acids is 1. The molecule has 1 aromatic rings. The van der Waals surface area contributed by atoms with Crippen molar-refractivity contribution in [3.8, 4) is 0 Å². The van der Waals surface area contributed by atoms with Gasteiger partial charge < -0.3 is 5.11 Å². The van der Waals surface area contributed by atoms with Crippen LogP contribution in [0.2, 0.25) is 0 Å². The van der Waals surface area contributed by atoms with E-state index in [4.69, 9.17) is 0 Å². The number of nitro benzene ring substituents is 1. The molecule has 104 valence electrons. The lowest BCUT2D eigenvalue weighted by atomic mass is 10.0. The molecule has 0 aliphatic heterocycles. The minimum atomic E-state index is -0.907. The fraction of sp³-hybridized carbons (Fsp3) is 0.462. The van der Waals surface area contributed by atoms with Crippen LogP contribution in [0.4, 0.5) is 5.69 Å². The number of rotatable bonds is 7. The van der Waals surface area contributed by atoms with Crippen molar-refractivity contribution in [3.05, 3.63) is 39.9 Å². The molecule has 0 aromatic heterocycles. The van der Waals surface area contributed by atoms with Crippen molar-refractivity contribution >= 4 is 11.7 Å². The van der Waals surface area contributed by atoms with Crippen LogP contribution in [0, 0.1) is 10.1 Å². The lowest BCUT2D eigenvalue weighted by Gasteiger charge is -2.26. The van der Waals surface area contributed by atoms with Gasteiger partial charge in [-0.2, -0.15) is 0 Å². The largest absolute Gasteiger partial charge is 0.480 e. The van der Waals surface area contributed by atoms with Crippen molar-refractivity contribution in [1.82, 2.24) is 4.90 Å². The topological polar surface area (TPSA) is 83.7 Å². The number of non-ortho nitro benzene ring substituents is 1. The fourth-order valence-corrected chi connectivity index (χ4v) is 2.06. The van der Waals surface area contributed by atoms with Crippen molar-refractivity contribution in [3.63, 3.8) is 0 Å². The summed E-state index contributed by atoms with van der Waals surface area (Å²) in [6, 6.07) is 5.47. The summed E-state index contributed by atoms with van der Waals surface area (Å²) < 4.78 is 0. The molecule has 0 fully saturated rings. The predicted octanol–water partition coefficient (Wildman–Crippen LogP) is 1.93. The molecular weight excluding hydrogens is 248 g/mol. The van der Waals surface area contributed by atoms with Crippen LogP contribution < -0.4 is 0 Å². The zero-order valence-corrected chi connectivity index (χ0v) is 11.1. The van der Waals surface area contributed by atoms with E-state index in [1.165, 1.54) is 12.1 Å². The van der Waals surface area contributed by atoms with Crippen LogP contribution in [-0.4, -0.2) is 40.0 Å². The Labute approximate surface area is 111 Å². The van der Waals surface area contributed by atoms with Crippen LogP contribution in [0.25, 0.3) is 0 Å². The van der Waals surface area contributed by atoms with Crippen molar-refractivity contribution in [2.24, 2.45) is 0 Å². The molecule has 19 heavy (non-hydrogen) atoms. The summed E-state index contributed by atoms with van der Waals surface area (Å²) in [6.07, 6.45) is 0.263. The summed E-state index contributed by atoms with van der Waals surface area (Å²) in [4.78, 5) is 23.3. The fourth-order valence-electron chi connectivity index (χ4n) is 2.06. The number of hydrogen-bond acceptors (Lipinski definition) is 4. The van der Waals surface area contributed by atoms with Crippen molar-refractivity contribution < 1.29 is 14.8 Å². The Morgan fingerprint density at radius 2 is 2.05 bits per heavy atom. The maximum atomic E-state index is 11.3. The van der Waals surface area contributed by atoms with E-state index in [9.17, 15) is 20.0 Å². The Kier molecular flexibility index (Phi) is 5.44. The molecule has 6 nitrogen and oxygen atoms in total. The van der Waals surface area contributed by atoms with E-state index in [0.29, 0.717) is 18.7 Å². The smallest absolute Gasteiger partial charge is 0.321 e. The van der Waals surface area contributed by atoms with E-state index >= 15 is 0 Å². The molecule has 0 saturated heterocycles. The highest BCUT2D eigenvalue weighted by Crippen LogP contribution is 2.16. The molecule has 1 aromatic carbocycles. The molecule has 1 rings (SSSR count). The number of carboxylic acids is 1. The van der Waals surface area contributed by atoms with E-state index in [1.54, 1.807) is 12.1 Å². The number of benzene rings is 1. The van der Waals surface area contributed by atoms with E-state index < -0.39 is 16.9 Å². The van der Waals surface area contributed by atoms with E-state index in [2.05, 4.69) is 0 Å². The minimum Gasteiger partial charge on any atom is -0.480 e. The van der Waals surface area contributed by atoms with Gasteiger partial charge in [0.2, 0.25) is 0 Å². The highest BCUT2D eigenvalue weighted by molar-refractivity contribution is 5.74. The molecule has 1 unspecified atom stereocenters. The quantitative estimate of drug-likeness (QED) is 0.602. The number of nitrogens with zero attached hydrogens (tertiary/aromatic N) is 2. The zero-order valence-electron chi connectivity index (χ0n) is 11.1. The van der Waals surface area contributed by atoms with Gasteiger partial charge in [-0.25, -0.2) is 0 Å². The molecule has 0 radical (unpaired) electrons. The van der Waals surface area contributed by atoms with Crippen molar-refractivity contribution in [2.75, 3.05) is 13.1 Å². The Bertz CT molecular complexity index is 458. The third kappa shape index (κ3) is 4.03. The Morgan fingerprint density at radius 3 is 2.53 bits per heavy atom. The lowest BCUT2D eigenvalue weighted by Crippen LogP contribution is -2.42. The molecule has 0 bridgehead atoms. The van der Waals surface area contributed by atoms with Crippen LogP contribution in [0.5, 0.6) is 0 Å². The van der Waals surface area contributed by atoms with Gasteiger partial charge in [0, 0.05) is 12.1 Å². The van der Waals surface area contributed by atoms with Crippen LogP contribution in [0.15, 0.2) is 24.3 Å². The van der Waals surface area contributed by atoms with Crippen LogP contribution in [-0.2, 0) is 11.2 Å². The van der Waals surface area contributed by atoms with Gasteiger partial charge in [0.1, 0.15) is 6.04 Å². The predicted molar refractivity (Wildman–Crippen MR) is 71.1 cm³/mol. The lowest BCUT2D eigenvalue weighted by molar-refractivity contribution is -0.384. The molecule has 0 aliphatic carbocycles. The Morgan fingerprint density at radius 1 is 1.42 bits per heavy atom. The second-order valence-electron chi connectivity index (χ2n) is 4.21. The highest BCUT2D eigenvalue weighted by atomic mass is 16.6. The summed E-state index contributed by atoms with van der Waals surface area (Å²) in [5.74, 6) is -0.907. The molecule has 0 spiro atoms. The third-order valence-corrected chi connectivity index (χ3v) is 3.09. The monoisotopic (exact) mass is 266 g/mol. The average Bonchev–Trinajstić information content (AvgIpc) is 2.39. The summed E-state index contributed by atoms with van der Waals surface area (Å²) >= 11 is 0. The second-order valence-corrected chi connectivity index (χ2v) is 4.21. The first-order valence-electron chi connectivity index (χ1n) is 6.19. The van der Waals surface area contributed by atoms with Crippen LogP contribution >= 0.6 is 0 Å². The number of likely N-dealkylation sites (N-methyl/N-ethyl adjacent to an activating group) is 1. The van der Waals surface area contributed by atoms with Crippen LogP contribution in [0.3, 0.4) is 0 Å². The van der Waals surface area contributed by atoms with E-state index in [1.807, 2.05) is 18.7 Å². The van der Waals surface area contributed by atoms with Gasteiger partial charge in [0.05, 0.1) is 4.92 Å². The summed E-state index contributed by atoms with van der Waals surface area (Å²) in [5, 5.41) is 20.0. The number of carbonyl (C=O) groups is 1. The van der Waals surface area contributed by atoms with Crippen molar-refractivity contribution in [2.45, 2.75) is 26.3 Å². The Hall–Kier alpha value is -1.95. The highest BCUT2D eigenvalue weighted by Gasteiger charge is 2.24. The van der Waals surface area contributed by atoms with Gasteiger partial charge >= 0.3 is 5.97 Å². The van der Waals surface area contributed by atoms with Gasteiger partial charge in [-0.05, 0) is 25.1 Å². The molecule has 1 N–H and O–H groups in total. The second kappa shape index (κ2) is 6.84. The first-order chi connectivity index (χ1) is 8.99. The molecular formula is C13H18N2O4. The number of carboxylic acid groups (broad SMARTS) is 1. The van der Waals surface area contributed by atoms with Crippen molar-refractivity contribution in [1.29, 1.82) is 0 Å². The van der Waals surface area contributed by atoms with Gasteiger partial charge in [0.25, 0.3) is 5.69 Å². The van der Waals surface area contributed by atoms with E-state index in [-0.39, 0.29) is 12.1 Å². The normalized spacial score (nSPS) is 12.4. The van der Waals surface area contributed by atoms with Gasteiger partial charge in [-0.3, -0.25) is 19.8 Å². The number of nitro groups is 1. The Balaban J connectivity index is 2.93. The summed E-state index contributed by atoms with van der Waals surface area (Å²) in [5.41, 5.74) is 0.648. The standard InChI is InChI=1S/C13H18N2O4/c1-3-14(4-2)12(13(16)17)9-10-6-5-7-11(8-10)15(18)19/h5-8,12H,3-4,9H2,1-2H3,(H,16,17). The molecule has 0 saturated carbocycles. The molecule has 6 heteroatoms. The third-order valence-electron chi connectivity index (χ3n) is 3.09. The summed E-state index contributed by atoms with van der Waals surface area (Å²) in [7, 11) is 0. The molecule has 0 amide bonds. The molecule has 0 aliphatic rings. The molecule has 1 atom stereocenters. The van der Waals surface area contributed by atoms with Gasteiger partial charge in [-0.15, -0.1) is 0 Å². The SMILES string of the molecule is CCN(CC)C(Cc1cccc([N+](=O)[O-])c1)C(=O)O. The maximum Gasteiger partial charge on any atom is 0.321 e. The van der Waals surface area contributed by atoms with E-state index in [0.717, 1.165) is 0 Å². The minimum absolute atomic E-state index is 0.0128. The zero-order chi connectivity index (χ0) is 14.4. The van der Waals surface area contributed by atoms with Gasteiger partial charge in [-0.1, -0.05) is 26.0 Å².